The van der Waals surface area contributed by atoms with Gasteiger partial charge in [0.05, 0.1) is 6.10 Å². The summed E-state index contributed by atoms with van der Waals surface area (Å²) < 4.78 is 5.47. The van der Waals surface area contributed by atoms with Crippen LogP contribution in [-0.2, 0) is 4.74 Å². The van der Waals surface area contributed by atoms with Crippen molar-refractivity contribution in [3.8, 4) is 0 Å². The van der Waals surface area contributed by atoms with Crippen LogP contribution in [-0.4, -0.2) is 35.9 Å². The molecule has 0 saturated carbocycles. The Balaban J connectivity index is 1.66. The number of hydrogen-bond acceptors (Lipinski definition) is 3. The zero-order valence-corrected chi connectivity index (χ0v) is 13.1. The molecule has 23 heavy (non-hydrogen) atoms. The van der Waals surface area contributed by atoms with Crippen LogP contribution in [0.2, 0.25) is 0 Å². The van der Waals surface area contributed by atoms with Crippen molar-refractivity contribution in [1.29, 1.82) is 0 Å². The molecule has 0 unspecified atom stereocenters. The van der Waals surface area contributed by atoms with Crippen LogP contribution in [0.1, 0.15) is 44.8 Å². The number of aromatic nitrogens is 1. The molecular formula is C18H20N2O3. The SMILES string of the molecule is Cc1ccccc1C(=O)c1c[nH]c(C(=O)NC[C@H]2CCCO2)c1. The second kappa shape index (κ2) is 6.79. The quantitative estimate of drug-likeness (QED) is 0.833. The molecule has 1 atom stereocenters. The van der Waals surface area contributed by atoms with Gasteiger partial charge in [0, 0.05) is 30.5 Å². The minimum Gasteiger partial charge on any atom is -0.376 e. The number of hydrogen-bond donors (Lipinski definition) is 2. The van der Waals surface area contributed by atoms with Crippen LogP contribution in [0.4, 0.5) is 0 Å². The fraction of sp³-hybridized carbons (Fsp3) is 0.333. The maximum atomic E-state index is 12.5. The Hall–Kier alpha value is -2.40. The first-order chi connectivity index (χ1) is 11.1. The highest BCUT2D eigenvalue weighted by Gasteiger charge is 2.19. The number of ether oxygens (including phenoxy) is 1. The van der Waals surface area contributed by atoms with E-state index in [0.717, 1.165) is 25.0 Å². The van der Waals surface area contributed by atoms with Crippen LogP contribution in [0.3, 0.4) is 0 Å². The number of amides is 1. The zero-order valence-electron chi connectivity index (χ0n) is 13.1. The Labute approximate surface area is 135 Å². The van der Waals surface area contributed by atoms with Gasteiger partial charge in [-0.2, -0.15) is 0 Å². The smallest absolute Gasteiger partial charge is 0.267 e. The number of rotatable bonds is 5. The topological polar surface area (TPSA) is 71.2 Å². The highest BCUT2D eigenvalue weighted by Crippen LogP contribution is 2.15. The third-order valence-electron chi connectivity index (χ3n) is 4.09. The van der Waals surface area contributed by atoms with Crippen LogP contribution < -0.4 is 5.32 Å². The summed E-state index contributed by atoms with van der Waals surface area (Å²) in [4.78, 5) is 27.5. The maximum Gasteiger partial charge on any atom is 0.267 e. The van der Waals surface area contributed by atoms with Crippen molar-refractivity contribution in [1.82, 2.24) is 10.3 Å². The van der Waals surface area contributed by atoms with Gasteiger partial charge in [-0.25, -0.2) is 0 Å². The Bertz CT molecular complexity index is 715. The second-order valence-corrected chi connectivity index (χ2v) is 5.79. The molecule has 0 aliphatic carbocycles. The van der Waals surface area contributed by atoms with Gasteiger partial charge in [0.2, 0.25) is 0 Å². The largest absolute Gasteiger partial charge is 0.376 e. The van der Waals surface area contributed by atoms with E-state index >= 15 is 0 Å². The molecule has 2 aromatic rings. The first-order valence-electron chi connectivity index (χ1n) is 7.83. The lowest BCUT2D eigenvalue weighted by Gasteiger charge is -2.09. The molecule has 1 saturated heterocycles. The zero-order chi connectivity index (χ0) is 16.2. The molecule has 5 heteroatoms. The number of ketones is 1. The van der Waals surface area contributed by atoms with Crippen molar-refractivity contribution < 1.29 is 14.3 Å². The summed E-state index contributed by atoms with van der Waals surface area (Å²) in [5.41, 5.74) is 2.45. The normalized spacial score (nSPS) is 17.2. The Morgan fingerprint density at radius 3 is 2.91 bits per heavy atom. The summed E-state index contributed by atoms with van der Waals surface area (Å²) in [6.45, 7) is 3.16. The fourth-order valence-electron chi connectivity index (χ4n) is 2.75. The van der Waals surface area contributed by atoms with Gasteiger partial charge in [0.25, 0.3) is 5.91 Å². The van der Waals surface area contributed by atoms with E-state index in [0.29, 0.717) is 23.4 Å². The third kappa shape index (κ3) is 3.51. The van der Waals surface area contributed by atoms with E-state index < -0.39 is 0 Å². The van der Waals surface area contributed by atoms with E-state index in [1.54, 1.807) is 18.3 Å². The summed E-state index contributed by atoms with van der Waals surface area (Å²) in [5.74, 6) is -0.304. The van der Waals surface area contributed by atoms with Crippen molar-refractivity contribution in [3.63, 3.8) is 0 Å². The van der Waals surface area contributed by atoms with Gasteiger partial charge in [-0.05, 0) is 31.4 Å². The molecule has 0 radical (unpaired) electrons. The lowest BCUT2D eigenvalue weighted by atomic mass is 10.0. The molecule has 1 aromatic heterocycles. The van der Waals surface area contributed by atoms with Gasteiger partial charge < -0.3 is 15.0 Å². The summed E-state index contributed by atoms with van der Waals surface area (Å²) >= 11 is 0. The van der Waals surface area contributed by atoms with Gasteiger partial charge in [0.15, 0.2) is 5.78 Å². The van der Waals surface area contributed by atoms with Crippen molar-refractivity contribution in [2.45, 2.75) is 25.9 Å². The molecule has 120 valence electrons. The number of carbonyl (C=O) groups is 2. The van der Waals surface area contributed by atoms with Crippen molar-refractivity contribution in [3.05, 3.63) is 58.9 Å². The number of carbonyl (C=O) groups excluding carboxylic acids is 2. The highest BCUT2D eigenvalue weighted by molar-refractivity contribution is 6.11. The molecular weight excluding hydrogens is 292 g/mol. The monoisotopic (exact) mass is 312 g/mol. The lowest BCUT2D eigenvalue weighted by molar-refractivity contribution is 0.0854. The summed E-state index contributed by atoms with van der Waals surface area (Å²) in [6, 6.07) is 9.02. The average Bonchev–Trinajstić information content (AvgIpc) is 3.24. The van der Waals surface area contributed by atoms with Gasteiger partial charge in [-0.15, -0.1) is 0 Å². The van der Waals surface area contributed by atoms with Crippen molar-refractivity contribution in [2.75, 3.05) is 13.2 Å². The first kappa shape index (κ1) is 15.5. The van der Waals surface area contributed by atoms with Crippen LogP contribution in [0.5, 0.6) is 0 Å². The summed E-state index contributed by atoms with van der Waals surface area (Å²) in [7, 11) is 0. The Morgan fingerprint density at radius 1 is 1.35 bits per heavy atom. The molecule has 2 heterocycles. The fourth-order valence-corrected chi connectivity index (χ4v) is 2.75. The first-order valence-corrected chi connectivity index (χ1v) is 7.83. The van der Waals surface area contributed by atoms with Crippen molar-refractivity contribution >= 4 is 11.7 Å². The summed E-state index contributed by atoms with van der Waals surface area (Å²) in [6.07, 6.45) is 3.69. The minimum absolute atomic E-state index is 0.0856. The Kier molecular flexibility index (Phi) is 4.57. The van der Waals surface area contributed by atoms with E-state index in [2.05, 4.69) is 10.3 Å². The van der Waals surface area contributed by atoms with Crippen LogP contribution in [0, 0.1) is 6.92 Å². The van der Waals surface area contributed by atoms with Gasteiger partial charge in [0.1, 0.15) is 5.69 Å². The molecule has 2 N–H and O–H groups in total. The predicted octanol–water partition coefficient (Wildman–Crippen LogP) is 2.46. The number of nitrogens with one attached hydrogen (secondary N) is 2. The number of aryl methyl sites for hydroxylation is 1. The van der Waals surface area contributed by atoms with E-state index in [1.165, 1.54) is 0 Å². The number of aromatic amines is 1. The molecule has 1 fully saturated rings. The van der Waals surface area contributed by atoms with E-state index in [-0.39, 0.29) is 17.8 Å². The second-order valence-electron chi connectivity index (χ2n) is 5.79. The average molecular weight is 312 g/mol. The molecule has 1 aromatic carbocycles. The number of H-pyrrole nitrogens is 1. The van der Waals surface area contributed by atoms with Crippen LogP contribution in [0.25, 0.3) is 0 Å². The molecule has 1 aliphatic heterocycles. The molecule has 0 spiro atoms. The Morgan fingerprint density at radius 2 is 2.17 bits per heavy atom. The third-order valence-corrected chi connectivity index (χ3v) is 4.09. The van der Waals surface area contributed by atoms with Gasteiger partial charge in [-0.1, -0.05) is 24.3 Å². The predicted molar refractivity (Wildman–Crippen MR) is 86.7 cm³/mol. The molecule has 1 amide bonds. The van der Waals surface area contributed by atoms with E-state index in [1.807, 2.05) is 25.1 Å². The molecule has 1 aliphatic rings. The molecule has 0 bridgehead atoms. The van der Waals surface area contributed by atoms with Crippen LogP contribution >= 0.6 is 0 Å². The minimum atomic E-state index is -0.218. The molecule has 3 rings (SSSR count). The van der Waals surface area contributed by atoms with Gasteiger partial charge in [-0.3, -0.25) is 9.59 Å². The van der Waals surface area contributed by atoms with Gasteiger partial charge >= 0.3 is 0 Å². The van der Waals surface area contributed by atoms with Crippen molar-refractivity contribution in [2.24, 2.45) is 0 Å². The standard InChI is InChI=1S/C18H20N2O3/c1-12-5-2-3-7-15(12)17(21)13-9-16(19-10-13)18(22)20-11-14-6-4-8-23-14/h2-3,5,7,9-10,14,19H,4,6,8,11H2,1H3,(H,20,22)/t14-/m1/s1. The van der Waals surface area contributed by atoms with Crippen LogP contribution in [0.15, 0.2) is 36.5 Å². The maximum absolute atomic E-state index is 12.5. The molecule has 5 nitrogen and oxygen atoms in total. The van der Waals surface area contributed by atoms with E-state index in [4.69, 9.17) is 4.74 Å². The highest BCUT2D eigenvalue weighted by atomic mass is 16.5. The summed E-state index contributed by atoms with van der Waals surface area (Å²) in [5, 5.41) is 2.84. The lowest BCUT2D eigenvalue weighted by Crippen LogP contribution is -2.31. The van der Waals surface area contributed by atoms with E-state index in [9.17, 15) is 9.59 Å². The number of benzene rings is 1.